The number of fused-ring (bicyclic) bond motifs is 1. The molecule has 0 aliphatic rings. The zero-order chi connectivity index (χ0) is 14.7. The molecular weight excluding hydrogens is 260 g/mol. The molecule has 0 fully saturated rings. The number of pyridine rings is 1. The van der Waals surface area contributed by atoms with E-state index in [2.05, 4.69) is 10.4 Å². The Kier molecular flexibility index (Phi) is 4.19. The number of aliphatic hydroxyl groups excluding tert-OH is 1. The molecule has 0 aliphatic heterocycles. The highest BCUT2D eigenvalue weighted by atomic mass is 16.3. The maximum Gasteiger partial charge on any atom is 0.350 e. The first-order valence-corrected chi connectivity index (χ1v) is 6.47. The third kappa shape index (κ3) is 2.88. The van der Waals surface area contributed by atoms with Crippen LogP contribution in [0, 0.1) is 5.92 Å². The Hall–Kier alpha value is -2.15. The quantitative estimate of drug-likeness (QED) is 0.781. The molecule has 7 heteroatoms. The van der Waals surface area contributed by atoms with E-state index in [4.69, 9.17) is 5.11 Å². The lowest BCUT2D eigenvalue weighted by Gasteiger charge is -2.18. The summed E-state index contributed by atoms with van der Waals surface area (Å²) >= 11 is 0. The highest BCUT2D eigenvalue weighted by Crippen LogP contribution is 2.00. The van der Waals surface area contributed by atoms with E-state index in [1.54, 1.807) is 24.4 Å². The standard InChI is InChI=1S/C13H18N4O3/c1-9(8-18)10(2)14-12(19)7-17-13(20)16-6-4-3-5-11(16)15-17/h3-6,9-10,18H,7-8H2,1-2H3,(H,14,19). The number of hydrogen-bond acceptors (Lipinski definition) is 4. The van der Waals surface area contributed by atoms with Crippen LogP contribution in [-0.4, -0.2) is 37.8 Å². The lowest BCUT2D eigenvalue weighted by atomic mass is 10.1. The fraction of sp³-hybridized carbons (Fsp3) is 0.462. The van der Waals surface area contributed by atoms with Gasteiger partial charge >= 0.3 is 5.69 Å². The zero-order valence-corrected chi connectivity index (χ0v) is 11.5. The molecule has 0 saturated heterocycles. The maximum absolute atomic E-state index is 12.0. The van der Waals surface area contributed by atoms with E-state index in [0.717, 1.165) is 4.68 Å². The largest absolute Gasteiger partial charge is 0.396 e. The van der Waals surface area contributed by atoms with Crippen molar-refractivity contribution >= 4 is 11.6 Å². The van der Waals surface area contributed by atoms with Gasteiger partial charge in [-0.2, -0.15) is 0 Å². The summed E-state index contributed by atoms with van der Waals surface area (Å²) in [6.45, 7) is 3.51. The fourth-order valence-corrected chi connectivity index (χ4v) is 1.81. The van der Waals surface area contributed by atoms with Crippen molar-refractivity contribution in [2.24, 2.45) is 5.92 Å². The number of aromatic nitrogens is 3. The first kappa shape index (κ1) is 14.3. The summed E-state index contributed by atoms with van der Waals surface area (Å²) in [7, 11) is 0. The van der Waals surface area contributed by atoms with Gasteiger partial charge in [0.25, 0.3) is 0 Å². The van der Waals surface area contributed by atoms with Crippen molar-refractivity contribution in [3.05, 3.63) is 34.9 Å². The third-order valence-corrected chi connectivity index (χ3v) is 3.31. The van der Waals surface area contributed by atoms with Crippen LogP contribution in [0.25, 0.3) is 5.65 Å². The van der Waals surface area contributed by atoms with Gasteiger partial charge in [-0.15, -0.1) is 5.10 Å². The van der Waals surface area contributed by atoms with Gasteiger partial charge in [0.2, 0.25) is 5.91 Å². The first-order valence-electron chi connectivity index (χ1n) is 6.47. The molecule has 0 aromatic carbocycles. The molecule has 2 unspecified atom stereocenters. The molecule has 2 atom stereocenters. The smallest absolute Gasteiger partial charge is 0.350 e. The zero-order valence-electron chi connectivity index (χ0n) is 11.5. The van der Waals surface area contributed by atoms with Crippen LogP contribution in [0.4, 0.5) is 0 Å². The molecule has 1 amide bonds. The SMILES string of the molecule is CC(CO)C(C)NC(=O)Cn1nc2ccccn2c1=O. The molecule has 0 aliphatic carbocycles. The number of aliphatic hydroxyl groups is 1. The van der Waals surface area contributed by atoms with Gasteiger partial charge in [0.1, 0.15) is 6.54 Å². The summed E-state index contributed by atoms with van der Waals surface area (Å²) in [6, 6.07) is 5.04. The Morgan fingerprint density at radius 3 is 2.85 bits per heavy atom. The van der Waals surface area contributed by atoms with Gasteiger partial charge in [-0.3, -0.25) is 9.20 Å². The Bertz CT molecular complexity index is 661. The van der Waals surface area contributed by atoms with Crippen molar-refractivity contribution in [2.45, 2.75) is 26.4 Å². The van der Waals surface area contributed by atoms with Gasteiger partial charge in [-0.1, -0.05) is 13.0 Å². The molecule has 2 aromatic heterocycles. The Balaban J connectivity index is 2.10. The van der Waals surface area contributed by atoms with Crippen LogP contribution in [0.5, 0.6) is 0 Å². The Morgan fingerprint density at radius 1 is 1.45 bits per heavy atom. The van der Waals surface area contributed by atoms with Crippen LogP contribution in [0.15, 0.2) is 29.2 Å². The normalized spacial score (nSPS) is 14.2. The minimum absolute atomic E-state index is 0.00421. The van der Waals surface area contributed by atoms with E-state index >= 15 is 0 Å². The van der Waals surface area contributed by atoms with Gasteiger partial charge in [-0.25, -0.2) is 9.48 Å². The predicted molar refractivity (Wildman–Crippen MR) is 73.3 cm³/mol. The van der Waals surface area contributed by atoms with Crippen molar-refractivity contribution in [1.82, 2.24) is 19.5 Å². The van der Waals surface area contributed by atoms with Crippen LogP contribution < -0.4 is 11.0 Å². The van der Waals surface area contributed by atoms with Gasteiger partial charge in [0.05, 0.1) is 0 Å². The van der Waals surface area contributed by atoms with Crippen molar-refractivity contribution in [2.75, 3.05) is 6.61 Å². The lowest BCUT2D eigenvalue weighted by molar-refractivity contribution is -0.122. The van der Waals surface area contributed by atoms with E-state index < -0.39 is 0 Å². The molecule has 2 aromatic rings. The molecule has 0 spiro atoms. The summed E-state index contributed by atoms with van der Waals surface area (Å²) < 4.78 is 2.51. The molecule has 0 saturated carbocycles. The molecule has 2 N–H and O–H groups in total. The number of carbonyl (C=O) groups is 1. The average Bonchev–Trinajstić information content (AvgIpc) is 2.74. The van der Waals surface area contributed by atoms with Crippen LogP contribution >= 0.6 is 0 Å². The maximum atomic E-state index is 12.0. The van der Waals surface area contributed by atoms with Crippen LogP contribution in [0.2, 0.25) is 0 Å². The van der Waals surface area contributed by atoms with Crippen molar-refractivity contribution in [3.8, 4) is 0 Å². The second-order valence-electron chi connectivity index (χ2n) is 4.89. The highest BCUT2D eigenvalue weighted by molar-refractivity contribution is 5.75. The van der Waals surface area contributed by atoms with Crippen LogP contribution in [0.1, 0.15) is 13.8 Å². The average molecular weight is 278 g/mol. The van der Waals surface area contributed by atoms with E-state index in [1.807, 2.05) is 13.8 Å². The van der Waals surface area contributed by atoms with Gasteiger partial charge in [0.15, 0.2) is 5.65 Å². The van der Waals surface area contributed by atoms with Crippen molar-refractivity contribution in [1.29, 1.82) is 0 Å². The molecule has 20 heavy (non-hydrogen) atoms. The van der Waals surface area contributed by atoms with E-state index in [9.17, 15) is 9.59 Å². The molecule has 0 radical (unpaired) electrons. The van der Waals surface area contributed by atoms with E-state index in [-0.39, 0.29) is 36.7 Å². The summed E-state index contributed by atoms with van der Waals surface area (Å²) in [5.74, 6) is -0.347. The predicted octanol–water partition coefficient (Wildman–Crippen LogP) is -0.371. The Morgan fingerprint density at radius 2 is 2.20 bits per heavy atom. The second-order valence-corrected chi connectivity index (χ2v) is 4.89. The second kappa shape index (κ2) is 5.87. The topological polar surface area (TPSA) is 88.6 Å². The van der Waals surface area contributed by atoms with E-state index in [0.29, 0.717) is 5.65 Å². The lowest BCUT2D eigenvalue weighted by Crippen LogP contribution is -2.41. The number of amides is 1. The van der Waals surface area contributed by atoms with E-state index in [1.165, 1.54) is 4.40 Å². The summed E-state index contributed by atoms with van der Waals surface area (Å²) in [4.78, 5) is 23.9. The van der Waals surface area contributed by atoms with Crippen LogP contribution in [0.3, 0.4) is 0 Å². The fourth-order valence-electron chi connectivity index (χ4n) is 1.81. The first-order chi connectivity index (χ1) is 9.52. The summed E-state index contributed by atoms with van der Waals surface area (Å²) in [5.41, 5.74) is 0.153. The van der Waals surface area contributed by atoms with Gasteiger partial charge < -0.3 is 10.4 Å². The molecule has 0 bridgehead atoms. The highest BCUT2D eigenvalue weighted by Gasteiger charge is 2.15. The number of carbonyl (C=O) groups excluding carboxylic acids is 1. The molecular formula is C13H18N4O3. The minimum atomic E-state index is -0.349. The molecule has 2 rings (SSSR count). The summed E-state index contributed by atoms with van der Waals surface area (Å²) in [5, 5.41) is 15.8. The summed E-state index contributed by atoms with van der Waals surface area (Å²) in [6.07, 6.45) is 1.61. The Labute approximate surface area is 115 Å². The van der Waals surface area contributed by atoms with Crippen molar-refractivity contribution < 1.29 is 9.90 Å². The molecule has 108 valence electrons. The number of nitrogens with one attached hydrogen (secondary N) is 1. The monoisotopic (exact) mass is 278 g/mol. The molecule has 2 heterocycles. The van der Waals surface area contributed by atoms with Gasteiger partial charge in [0, 0.05) is 18.8 Å². The number of nitrogens with zero attached hydrogens (tertiary/aromatic N) is 3. The number of rotatable bonds is 5. The van der Waals surface area contributed by atoms with Gasteiger partial charge in [-0.05, 0) is 25.0 Å². The van der Waals surface area contributed by atoms with Crippen LogP contribution in [-0.2, 0) is 11.3 Å². The third-order valence-electron chi connectivity index (χ3n) is 3.31. The number of hydrogen-bond donors (Lipinski definition) is 2. The molecule has 7 nitrogen and oxygen atoms in total. The minimum Gasteiger partial charge on any atom is -0.396 e. The van der Waals surface area contributed by atoms with Crippen molar-refractivity contribution in [3.63, 3.8) is 0 Å².